The molecule has 0 bridgehead atoms. The molecule has 0 aliphatic carbocycles. The van der Waals surface area contributed by atoms with Gasteiger partial charge in [-0.05, 0) is 58.5 Å². The van der Waals surface area contributed by atoms with E-state index in [-0.39, 0.29) is 0 Å². The van der Waals surface area contributed by atoms with Crippen LogP contribution in [-0.2, 0) is 10.2 Å². The number of hydrogen-bond donors (Lipinski definition) is 2. The number of piperidine rings is 1. The first-order valence-electron chi connectivity index (χ1n) is 7.60. The third-order valence-electron chi connectivity index (χ3n) is 3.33. The molecule has 1 heterocycles. The molecule has 20 heavy (non-hydrogen) atoms. The van der Waals surface area contributed by atoms with Crippen LogP contribution in [0.2, 0.25) is 0 Å². The van der Waals surface area contributed by atoms with Crippen molar-refractivity contribution < 1.29 is 8.42 Å². The van der Waals surface area contributed by atoms with Gasteiger partial charge in [-0.2, -0.15) is 17.4 Å². The first-order valence-corrected chi connectivity index (χ1v) is 9.04. The van der Waals surface area contributed by atoms with Gasteiger partial charge >= 0.3 is 0 Å². The van der Waals surface area contributed by atoms with E-state index in [1.54, 1.807) is 4.31 Å². The number of hydrogen-bond acceptors (Lipinski definition) is 3. The molecule has 0 saturated carbocycles. The SMILES string of the molecule is CC(C)CNCC1CCN(S(=O)(=O)NC(C)(C)C)CC1. The number of nitrogens with zero attached hydrogens (tertiary/aromatic N) is 1. The molecule has 1 fully saturated rings. The van der Waals surface area contributed by atoms with E-state index in [4.69, 9.17) is 0 Å². The summed E-state index contributed by atoms with van der Waals surface area (Å²) in [6.45, 7) is 13.3. The zero-order valence-corrected chi connectivity index (χ0v) is 14.4. The van der Waals surface area contributed by atoms with E-state index in [0.717, 1.165) is 25.9 Å². The molecule has 5 nitrogen and oxygen atoms in total. The summed E-state index contributed by atoms with van der Waals surface area (Å²) < 4.78 is 28.7. The minimum atomic E-state index is -3.34. The summed E-state index contributed by atoms with van der Waals surface area (Å²) in [5.74, 6) is 1.25. The van der Waals surface area contributed by atoms with Crippen LogP contribution in [0, 0.1) is 11.8 Å². The van der Waals surface area contributed by atoms with Crippen LogP contribution in [0.4, 0.5) is 0 Å². The van der Waals surface area contributed by atoms with Crippen LogP contribution in [0.3, 0.4) is 0 Å². The first-order chi connectivity index (χ1) is 9.10. The zero-order chi connectivity index (χ0) is 15.4. The first kappa shape index (κ1) is 17.9. The third-order valence-corrected chi connectivity index (χ3v) is 5.25. The van der Waals surface area contributed by atoms with Crippen molar-refractivity contribution in [3.63, 3.8) is 0 Å². The highest BCUT2D eigenvalue weighted by Gasteiger charge is 2.30. The number of nitrogens with one attached hydrogen (secondary N) is 2. The molecule has 2 N–H and O–H groups in total. The second kappa shape index (κ2) is 7.20. The molecule has 0 aromatic rings. The highest BCUT2D eigenvalue weighted by molar-refractivity contribution is 7.87. The molecular weight excluding hydrogens is 274 g/mol. The maximum atomic E-state index is 12.2. The Morgan fingerprint density at radius 2 is 1.75 bits per heavy atom. The quantitative estimate of drug-likeness (QED) is 0.783. The molecule has 0 radical (unpaired) electrons. The molecule has 1 saturated heterocycles. The van der Waals surface area contributed by atoms with Crippen LogP contribution in [0.25, 0.3) is 0 Å². The minimum absolute atomic E-state index is 0.422. The van der Waals surface area contributed by atoms with Gasteiger partial charge in [0.1, 0.15) is 0 Å². The lowest BCUT2D eigenvalue weighted by molar-refractivity contribution is 0.260. The third kappa shape index (κ3) is 6.52. The molecular formula is C14H31N3O2S. The smallest absolute Gasteiger partial charge is 0.279 e. The lowest BCUT2D eigenvalue weighted by Crippen LogP contribution is -2.51. The Morgan fingerprint density at radius 3 is 2.20 bits per heavy atom. The fourth-order valence-electron chi connectivity index (χ4n) is 2.38. The predicted molar refractivity (Wildman–Crippen MR) is 83.8 cm³/mol. The maximum Gasteiger partial charge on any atom is 0.279 e. The predicted octanol–water partition coefficient (Wildman–Crippen LogP) is 1.58. The summed E-state index contributed by atoms with van der Waals surface area (Å²) >= 11 is 0. The van der Waals surface area contributed by atoms with E-state index in [9.17, 15) is 8.42 Å². The van der Waals surface area contributed by atoms with Gasteiger partial charge in [0.2, 0.25) is 0 Å². The minimum Gasteiger partial charge on any atom is -0.316 e. The van der Waals surface area contributed by atoms with Gasteiger partial charge in [-0.3, -0.25) is 0 Å². The van der Waals surface area contributed by atoms with Gasteiger partial charge < -0.3 is 5.32 Å². The van der Waals surface area contributed by atoms with Gasteiger partial charge in [-0.1, -0.05) is 13.8 Å². The molecule has 120 valence electrons. The summed E-state index contributed by atoms with van der Waals surface area (Å²) in [5, 5.41) is 3.46. The Labute approximate surface area is 124 Å². The Kier molecular flexibility index (Phi) is 6.44. The van der Waals surface area contributed by atoms with Crippen LogP contribution in [0.15, 0.2) is 0 Å². The van der Waals surface area contributed by atoms with Gasteiger partial charge in [0.05, 0.1) is 0 Å². The van der Waals surface area contributed by atoms with E-state index in [2.05, 4.69) is 23.9 Å². The molecule has 6 heteroatoms. The molecule has 1 aliphatic rings. The number of rotatable bonds is 6. The van der Waals surface area contributed by atoms with Crippen molar-refractivity contribution in [2.24, 2.45) is 11.8 Å². The summed E-state index contributed by atoms with van der Waals surface area (Å²) in [5.41, 5.74) is -0.422. The average Bonchev–Trinajstić information content (AvgIpc) is 2.26. The lowest BCUT2D eigenvalue weighted by Gasteiger charge is -2.33. The summed E-state index contributed by atoms with van der Waals surface area (Å²) in [7, 11) is -3.34. The van der Waals surface area contributed by atoms with Crippen LogP contribution in [0.1, 0.15) is 47.5 Å². The highest BCUT2D eigenvalue weighted by atomic mass is 32.2. The molecule has 1 rings (SSSR count). The van der Waals surface area contributed by atoms with Crippen molar-refractivity contribution in [1.29, 1.82) is 0 Å². The van der Waals surface area contributed by atoms with E-state index >= 15 is 0 Å². The van der Waals surface area contributed by atoms with E-state index in [1.807, 2.05) is 20.8 Å². The van der Waals surface area contributed by atoms with Gasteiger partial charge in [-0.15, -0.1) is 0 Å². The Balaban J connectivity index is 2.38. The van der Waals surface area contributed by atoms with E-state index in [1.165, 1.54) is 0 Å². The van der Waals surface area contributed by atoms with Crippen LogP contribution >= 0.6 is 0 Å². The molecule has 1 aliphatic heterocycles. The van der Waals surface area contributed by atoms with Gasteiger partial charge in [0.15, 0.2) is 0 Å². The largest absolute Gasteiger partial charge is 0.316 e. The fraction of sp³-hybridized carbons (Fsp3) is 1.00. The molecule has 0 aromatic carbocycles. The molecule has 0 atom stereocenters. The van der Waals surface area contributed by atoms with Crippen LogP contribution in [-0.4, -0.2) is 44.4 Å². The lowest BCUT2D eigenvalue weighted by atomic mass is 9.98. The molecule has 0 unspecified atom stereocenters. The van der Waals surface area contributed by atoms with Crippen LogP contribution in [0.5, 0.6) is 0 Å². The van der Waals surface area contributed by atoms with Gasteiger partial charge in [-0.25, -0.2) is 0 Å². The van der Waals surface area contributed by atoms with E-state index in [0.29, 0.717) is 24.9 Å². The summed E-state index contributed by atoms with van der Waals surface area (Å²) in [6.07, 6.45) is 1.88. The summed E-state index contributed by atoms with van der Waals surface area (Å²) in [6, 6.07) is 0. The molecule has 0 spiro atoms. The van der Waals surface area contributed by atoms with Gasteiger partial charge in [0, 0.05) is 18.6 Å². The molecule has 0 amide bonds. The summed E-state index contributed by atoms with van der Waals surface area (Å²) in [4.78, 5) is 0. The second-order valence-corrected chi connectivity index (χ2v) is 8.92. The van der Waals surface area contributed by atoms with Crippen molar-refractivity contribution in [2.45, 2.75) is 53.0 Å². The maximum absolute atomic E-state index is 12.2. The monoisotopic (exact) mass is 305 g/mol. The van der Waals surface area contributed by atoms with Crippen molar-refractivity contribution in [1.82, 2.24) is 14.3 Å². The van der Waals surface area contributed by atoms with E-state index < -0.39 is 15.7 Å². The normalized spacial score (nSPS) is 19.7. The van der Waals surface area contributed by atoms with Crippen molar-refractivity contribution in [3.8, 4) is 0 Å². The molecule has 0 aromatic heterocycles. The highest BCUT2D eigenvalue weighted by Crippen LogP contribution is 2.19. The van der Waals surface area contributed by atoms with Crippen molar-refractivity contribution in [3.05, 3.63) is 0 Å². The fourth-order valence-corrected chi connectivity index (χ4v) is 3.98. The average molecular weight is 305 g/mol. The Bertz CT molecular complexity index is 380. The van der Waals surface area contributed by atoms with Crippen molar-refractivity contribution in [2.75, 3.05) is 26.2 Å². The van der Waals surface area contributed by atoms with Gasteiger partial charge in [0.25, 0.3) is 10.2 Å². The Morgan fingerprint density at radius 1 is 1.20 bits per heavy atom. The standard InChI is InChI=1S/C14H31N3O2S/c1-12(2)10-15-11-13-6-8-17(9-7-13)20(18,19)16-14(3,4)5/h12-13,15-16H,6-11H2,1-5H3. The zero-order valence-electron chi connectivity index (χ0n) is 13.6. The second-order valence-electron chi connectivity index (χ2n) is 7.25. The van der Waals surface area contributed by atoms with Crippen LogP contribution < -0.4 is 10.0 Å². The topological polar surface area (TPSA) is 61.4 Å². The van der Waals surface area contributed by atoms with Crippen molar-refractivity contribution >= 4 is 10.2 Å². The Hall–Kier alpha value is -0.170.